The summed E-state index contributed by atoms with van der Waals surface area (Å²) in [4.78, 5) is 14.3. The molecule has 1 saturated heterocycles. The van der Waals surface area contributed by atoms with Gasteiger partial charge in [-0.15, -0.1) is 0 Å². The fourth-order valence-corrected chi connectivity index (χ4v) is 2.63. The zero-order valence-corrected chi connectivity index (χ0v) is 10.8. The van der Waals surface area contributed by atoms with Crippen molar-refractivity contribution in [1.29, 1.82) is 0 Å². The van der Waals surface area contributed by atoms with Gasteiger partial charge in [-0.3, -0.25) is 4.79 Å². The normalized spacial score (nSPS) is 24.0. The van der Waals surface area contributed by atoms with Gasteiger partial charge in [-0.05, 0) is 51.3 Å². The van der Waals surface area contributed by atoms with E-state index in [4.69, 9.17) is 0 Å². The molecule has 0 aliphatic carbocycles. The maximum Gasteiger partial charge on any atom is 0.254 e. The maximum atomic E-state index is 12.4. The van der Waals surface area contributed by atoms with E-state index in [1.165, 1.54) is 12.1 Å². The molecule has 18 heavy (non-hydrogen) atoms. The van der Waals surface area contributed by atoms with E-state index in [0.29, 0.717) is 5.56 Å². The highest BCUT2D eigenvalue weighted by Crippen LogP contribution is 2.28. The number of nitrogens with zero attached hydrogens (tertiary/aromatic N) is 1. The Hall–Kier alpha value is -1.71. The van der Waals surface area contributed by atoms with Crippen LogP contribution in [0.1, 0.15) is 43.5 Å². The number of aromatic hydroxyl groups is 2. The van der Waals surface area contributed by atoms with Crippen LogP contribution in [0.5, 0.6) is 11.5 Å². The van der Waals surface area contributed by atoms with Crippen molar-refractivity contribution in [2.45, 2.75) is 45.2 Å². The lowest BCUT2D eigenvalue weighted by molar-refractivity contribution is 0.0510. The Morgan fingerprint density at radius 3 is 2.33 bits per heavy atom. The van der Waals surface area contributed by atoms with Gasteiger partial charge in [0, 0.05) is 17.6 Å². The van der Waals surface area contributed by atoms with Crippen molar-refractivity contribution < 1.29 is 15.0 Å². The second-order valence-electron chi connectivity index (χ2n) is 5.04. The molecular weight excluding hydrogens is 230 g/mol. The summed E-state index contributed by atoms with van der Waals surface area (Å²) in [6, 6.07) is 4.66. The molecule has 1 heterocycles. The van der Waals surface area contributed by atoms with E-state index in [9.17, 15) is 15.0 Å². The number of hydrogen-bond donors (Lipinski definition) is 2. The summed E-state index contributed by atoms with van der Waals surface area (Å²) >= 11 is 0. The zero-order valence-electron chi connectivity index (χ0n) is 10.8. The van der Waals surface area contributed by atoms with Gasteiger partial charge in [-0.25, -0.2) is 0 Å². The second-order valence-corrected chi connectivity index (χ2v) is 5.04. The van der Waals surface area contributed by atoms with Crippen molar-refractivity contribution in [2.75, 3.05) is 0 Å². The topological polar surface area (TPSA) is 60.8 Å². The number of phenolic OH excluding ortho intramolecular Hbond substituents is 2. The minimum atomic E-state index is -0.252. The van der Waals surface area contributed by atoms with Gasteiger partial charge in [-0.1, -0.05) is 0 Å². The largest absolute Gasteiger partial charge is 0.504 e. The van der Waals surface area contributed by atoms with Crippen molar-refractivity contribution in [3.05, 3.63) is 23.8 Å². The number of likely N-dealkylation sites (tertiary alicyclic amines) is 1. The Morgan fingerprint density at radius 2 is 1.78 bits per heavy atom. The minimum Gasteiger partial charge on any atom is -0.504 e. The minimum absolute atomic E-state index is 0.0787. The summed E-state index contributed by atoms with van der Waals surface area (Å²) in [5.41, 5.74) is 0.422. The van der Waals surface area contributed by atoms with Crippen LogP contribution < -0.4 is 0 Å². The molecule has 2 N–H and O–H groups in total. The summed E-state index contributed by atoms with van der Waals surface area (Å²) in [7, 11) is 0. The van der Waals surface area contributed by atoms with E-state index in [-0.39, 0.29) is 29.5 Å². The van der Waals surface area contributed by atoms with Crippen LogP contribution in [-0.4, -0.2) is 33.1 Å². The molecule has 0 aromatic heterocycles. The molecule has 0 radical (unpaired) electrons. The van der Waals surface area contributed by atoms with Crippen molar-refractivity contribution >= 4 is 5.91 Å². The molecule has 2 rings (SSSR count). The van der Waals surface area contributed by atoms with Crippen LogP contribution in [0.2, 0.25) is 0 Å². The number of amides is 1. The predicted molar refractivity (Wildman–Crippen MR) is 68.7 cm³/mol. The van der Waals surface area contributed by atoms with Crippen molar-refractivity contribution in [3.8, 4) is 11.5 Å². The Kier molecular flexibility index (Phi) is 3.45. The predicted octanol–water partition coefficient (Wildman–Crippen LogP) is 2.50. The Balaban J connectivity index is 2.26. The SMILES string of the molecule is C[C@@H]1CCC[C@H](C)N1C(=O)c1ccc(O)c(O)c1. The van der Waals surface area contributed by atoms with Gasteiger partial charge in [0.1, 0.15) is 0 Å². The highest BCUT2D eigenvalue weighted by molar-refractivity contribution is 5.95. The van der Waals surface area contributed by atoms with Gasteiger partial charge >= 0.3 is 0 Å². The summed E-state index contributed by atoms with van der Waals surface area (Å²) in [6.45, 7) is 4.10. The average Bonchev–Trinajstić information content (AvgIpc) is 2.32. The number of carbonyl (C=O) groups excluding carboxylic acids is 1. The molecule has 0 spiro atoms. The number of piperidine rings is 1. The smallest absolute Gasteiger partial charge is 0.254 e. The van der Waals surface area contributed by atoms with Crippen LogP contribution >= 0.6 is 0 Å². The molecule has 4 heteroatoms. The molecule has 2 atom stereocenters. The van der Waals surface area contributed by atoms with Crippen LogP contribution in [-0.2, 0) is 0 Å². The first-order valence-electron chi connectivity index (χ1n) is 6.35. The van der Waals surface area contributed by atoms with Crippen LogP contribution in [0.25, 0.3) is 0 Å². The molecule has 1 amide bonds. The van der Waals surface area contributed by atoms with E-state index >= 15 is 0 Å². The summed E-state index contributed by atoms with van der Waals surface area (Å²) in [5, 5.41) is 18.7. The Morgan fingerprint density at radius 1 is 1.17 bits per heavy atom. The lowest BCUT2D eigenvalue weighted by Gasteiger charge is -2.39. The third kappa shape index (κ3) is 2.28. The Bertz CT molecular complexity index is 448. The van der Waals surface area contributed by atoms with Gasteiger partial charge in [0.25, 0.3) is 5.91 Å². The number of phenols is 2. The fourth-order valence-electron chi connectivity index (χ4n) is 2.63. The third-order valence-corrected chi connectivity index (χ3v) is 3.65. The molecule has 1 aliphatic rings. The van der Waals surface area contributed by atoms with Gasteiger partial charge in [0.15, 0.2) is 11.5 Å². The summed E-state index contributed by atoms with van der Waals surface area (Å²) in [6.07, 6.45) is 3.17. The van der Waals surface area contributed by atoms with Gasteiger partial charge < -0.3 is 15.1 Å². The van der Waals surface area contributed by atoms with Crippen LogP contribution in [0.15, 0.2) is 18.2 Å². The monoisotopic (exact) mass is 249 g/mol. The van der Waals surface area contributed by atoms with Crippen molar-refractivity contribution in [3.63, 3.8) is 0 Å². The number of hydrogen-bond acceptors (Lipinski definition) is 3. The molecule has 1 fully saturated rings. The highest BCUT2D eigenvalue weighted by atomic mass is 16.3. The lowest BCUT2D eigenvalue weighted by atomic mass is 9.96. The average molecular weight is 249 g/mol. The van der Waals surface area contributed by atoms with Crippen LogP contribution in [0.3, 0.4) is 0 Å². The molecule has 98 valence electrons. The Labute approximate surface area is 107 Å². The maximum absolute atomic E-state index is 12.4. The first kappa shape index (κ1) is 12.7. The standard InChI is InChI=1S/C14H19NO3/c1-9-4-3-5-10(2)15(9)14(18)11-6-7-12(16)13(17)8-11/h6-10,16-17H,3-5H2,1-2H3/t9-,10+. The van der Waals surface area contributed by atoms with E-state index in [2.05, 4.69) is 0 Å². The molecule has 1 aliphatic heterocycles. The molecule has 0 saturated carbocycles. The summed E-state index contributed by atoms with van der Waals surface area (Å²) in [5.74, 6) is -0.533. The first-order valence-corrected chi connectivity index (χ1v) is 6.35. The van der Waals surface area contributed by atoms with E-state index in [0.717, 1.165) is 19.3 Å². The molecule has 4 nitrogen and oxygen atoms in total. The summed E-state index contributed by atoms with van der Waals surface area (Å²) < 4.78 is 0. The molecule has 1 aromatic carbocycles. The molecule has 0 unspecified atom stereocenters. The molecular formula is C14H19NO3. The van der Waals surface area contributed by atoms with Gasteiger partial charge in [0.05, 0.1) is 0 Å². The van der Waals surface area contributed by atoms with E-state index in [1.807, 2.05) is 18.7 Å². The lowest BCUT2D eigenvalue weighted by Crippen LogP contribution is -2.47. The molecule has 1 aromatic rings. The van der Waals surface area contributed by atoms with Crippen LogP contribution in [0.4, 0.5) is 0 Å². The van der Waals surface area contributed by atoms with Gasteiger partial charge in [0.2, 0.25) is 0 Å². The highest BCUT2D eigenvalue weighted by Gasteiger charge is 2.29. The number of rotatable bonds is 1. The first-order chi connectivity index (χ1) is 8.50. The molecule has 0 bridgehead atoms. The third-order valence-electron chi connectivity index (χ3n) is 3.65. The van der Waals surface area contributed by atoms with E-state index < -0.39 is 0 Å². The fraction of sp³-hybridized carbons (Fsp3) is 0.500. The van der Waals surface area contributed by atoms with Gasteiger partial charge in [-0.2, -0.15) is 0 Å². The van der Waals surface area contributed by atoms with Crippen molar-refractivity contribution in [2.24, 2.45) is 0 Å². The number of carbonyl (C=O) groups is 1. The van der Waals surface area contributed by atoms with Crippen molar-refractivity contribution in [1.82, 2.24) is 4.90 Å². The van der Waals surface area contributed by atoms with E-state index in [1.54, 1.807) is 6.07 Å². The zero-order chi connectivity index (χ0) is 13.3. The van der Waals surface area contributed by atoms with Crippen LogP contribution in [0, 0.1) is 0 Å². The number of benzene rings is 1. The quantitative estimate of drug-likeness (QED) is 0.752. The second kappa shape index (κ2) is 4.88.